The number of hydrogen-bond acceptors (Lipinski definition) is 2. The fourth-order valence-corrected chi connectivity index (χ4v) is 1.90. The molecule has 1 heterocycles. The summed E-state index contributed by atoms with van der Waals surface area (Å²) < 4.78 is 49.9. The Bertz CT molecular complexity index is 725. The van der Waals surface area contributed by atoms with Gasteiger partial charge in [-0.05, 0) is 28.1 Å². The smallest absolute Gasteiger partial charge is 0.320 e. The summed E-state index contributed by atoms with van der Waals surface area (Å²) in [4.78, 5) is 26.9. The molecule has 3 N–H and O–H groups in total. The molecule has 1 aromatic carbocycles. The van der Waals surface area contributed by atoms with Gasteiger partial charge in [-0.15, -0.1) is 0 Å². The Morgan fingerprint density at radius 1 is 1.25 bits per heavy atom. The zero-order valence-electron chi connectivity index (χ0n) is 9.44. The van der Waals surface area contributed by atoms with E-state index < -0.39 is 23.9 Å². The fraction of sp³-hybridized carbons (Fsp3) is 0.200. The Labute approximate surface area is 116 Å². The average molecular weight is 356 g/mol. The van der Waals surface area contributed by atoms with Crippen LogP contribution in [0.2, 0.25) is 0 Å². The Morgan fingerprint density at radius 3 is 2.35 bits per heavy atom. The molecule has 0 atom stereocenters. The van der Waals surface area contributed by atoms with Crippen LogP contribution >= 0.6 is 15.9 Å². The highest BCUT2D eigenvalue weighted by atomic mass is 79.9. The standard InChI is InChI=1S/C10H6BrF4N3O2/c11-3-1-5-6(18-9(20)17-5)2-4(3)16-8(19)10(14,15)7(12)13/h1-2,7H,(H,16,19)(H2,17,18,20). The third-order valence-electron chi connectivity index (χ3n) is 2.43. The first-order valence-corrected chi connectivity index (χ1v) is 5.90. The van der Waals surface area contributed by atoms with Crippen molar-refractivity contribution in [1.29, 1.82) is 0 Å². The number of nitrogens with one attached hydrogen (secondary N) is 3. The van der Waals surface area contributed by atoms with Crippen LogP contribution in [0.5, 0.6) is 0 Å². The molecule has 0 fully saturated rings. The lowest BCUT2D eigenvalue weighted by Crippen LogP contribution is -2.41. The van der Waals surface area contributed by atoms with E-state index in [1.165, 1.54) is 6.07 Å². The molecule has 108 valence electrons. The van der Waals surface area contributed by atoms with Crippen LogP contribution in [0.1, 0.15) is 0 Å². The van der Waals surface area contributed by atoms with Crippen molar-refractivity contribution in [2.24, 2.45) is 0 Å². The largest absolute Gasteiger partial charge is 0.383 e. The number of benzene rings is 1. The molecule has 0 spiro atoms. The second-order valence-corrected chi connectivity index (χ2v) is 4.69. The maximum atomic E-state index is 12.8. The van der Waals surface area contributed by atoms with Crippen molar-refractivity contribution in [2.45, 2.75) is 12.3 Å². The number of carbonyl (C=O) groups is 1. The molecule has 2 aromatic rings. The monoisotopic (exact) mass is 355 g/mol. The highest BCUT2D eigenvalue weighted by Crippen LogP contribution is 2.29. The Morgan fingerprint density at radius 2 is 1.80 bits per heavy atom. The molecule has 5 nitrogen and oxygen atoms in total. The highest BCUT2D eigenvalue weighted by Gasteiger charge is 2.49. The summed E-state index contributed by atoms with van der Waals surface area (Å²) in [5.41, 5.74) is -0.110. The van der Waals surface area contributed by atoms with E-state index in [0.717, 1.165) is 6.07 Å². The lowest BCUT2D eigenvalue weighted by atomic mass is 10.2. The number of anilines is 1. The number of imidazole rings is 1. The van der Waals surface area contributed by atoms with Gasteiger partial charge in [0.05, 0.1) is 16.7 Å². The van der Waals surface area contributed by atoms with Crippen molar-refractivity contribution >= 4 is 38.6 Å². The third-order valence-corrected chi connectivity index (χ3v) is 3.08. The normalized spacial score (nSPS) is 12.1. The van der Waals surface area contributed by atoms with Crippen molar-refractivity contribution in [3.8, 4) is 0 Å². The molecule has 1 amide bonds. The van der Waals surface area contributed by atoms with Gasteiger partial charge in [0.2, 0.25) is 0 Å². The zero-order chi connectivity index (χ0) is 15.1. The Hall–Kier alpha value is -1.84. The van der Waals surface area contributed by atoms with Crippen LogP contribution in [0.25, 0.3) is 11.0 Å². The number of carbonyl (C=O) groups excluding carboxylic acids is 1. The number of alkyl halides is 4. The molecule has 2 rings (SSSR count). The molecule has 0 saturated heterocycles. The summed E-state index contributed by atoms with van der Waals surface area (Å²) in [6.07, 6.45) is -4.11. The van der Waals surface area contributed by atoms with Crippen LogP contribution in [0.4, 0.5) is 23.2 Å². The van der Waals surface area contributed by atoms with Crippen molar-refractivity contribution in [3.63, 3.8) is 0 Å². The molecule has 0 aliphatic heterocycles. The van der Waals surface area contributed by atoms with E-state index in [1.54, 1.807) is 5.32 Å². The number of amides is 1. The second kappa shape index (κ2) is 4.93. The van der Waals surface area contributed by atoms with Gasteiger partial charge in [0.25, 0.3) is 0 Å². The SMILES string of the molecule is O=C(Nc1cc2[nH]c(=O)[nH]c2cc1Br)C(F)(F)C(F)F. The van der Waals surface area contributed by atoms with Crippen molar-refractivity contribution < 1.29 is 22.4 Å². The summed E-state index contributed by atoms with van der Waals surface area (Å²) in [6, 6.07) is 2.50. The molecule has 0 unspecified atom stereocenters. The van der Waals surface area contributed by atoms with Gasteiger partial charge in [0.15, 0.2) is 0 Å². The molecule has 0 aliphatic carbocycles. The number of rotatable bonds is 3. The molecule has 0 saturated carbocycles. The van der Waals surface area contributed by atoms with E-state index in [0.29, 0.717) is 5.52 Å². The summed E-state index contributed by atoms with van der Waals surface area (Å²) in [5.74, 6) is -6.94. The number of hydrogen-bond donors (Lipinski definition) is 3. The average Bonchev–Trinajstić information content (AvgIpc) is 2.68. The van der Waals surface area contributed by atoms with E-state index in [9.17, 15) is 27.2 Å². The maximum absolute atomic E-state index is 12.8. The van der Waals surface area contributed by atoms with Gasteiger partial charge in [0.1, 0.15) is 0 Å². The molecule has 1 aromatic heterocycles. The second-order valence-electron chi connectivity index (χ2n) is 3.83. The first kappa shape index (κ1) is 14.6. The highest BCUT2D eigenvalue weighted by molar-refractivity contribution is 9.10. The van der Waals surface area contributed by atoms with Crippen molar-refractivity contribution in [1.82, 2.24) is 9.97 Å². The van der Waals surface area contributed by atoms with Crippen LogP contribution in [0.15, 0.2) is 21.4 Å². The van der Waals surface area contributed by atoms with Gasteiger partial charge in [-0.25, -0.2) is 13.6 Å². The summed E-state index contributed by atoms with van der Waals surface area (Å²) in [7, 11) is 0. The Kier molecular flexibility index (Phi) is 3.59. The number of aromatic nitrogens is 2. The quantitative estimate of drug-likeness (QED) is 0.739. The maximum Gasteiger partial charge on any atom is 0.383 e. The number of halogens is 5. The third kappa shape index (κ3) is 2.55. The van der Waals surface area contributed by atoms with Crippen LogP contribution < -0.4 is 11.0 Å². The van der Waals surface area contributed by atoms with Crippen LogP contribution in [0, 0.1) is 0 Å². The minimum absolute atomic E-state index is 0.152. The van der Waals surface area contributed by atoms with Gasteiger partial charge in [-0.2, -0.15) is 8.78 Å². The number of H-pyrrole nitrogens is 2. The van der Waals surface area contributed by atoms with Crippen LogP contribution in [0.3, 0.4) is 0 Å². The number of aromatic amines is 2. The van der Waals surface area contributed by atoms with Crippen LogP contribution in [-0.2, 0) is 4.79 Å². The van der Waals surface area contributed by atoms with Crippen molar-refractivity contribution in [3.05, 3.63) is 27.1 Å². The topological polar surface area (TPSA) is 77.8 Å². The van der Waals surface area contributed by atoms with Gasteiger partial charge in [-0.1, -0.05) is 0 Å². The van der Waals surface area contributed by atoms with Crippen molar-refractivity contribution in [2.75, 3.05) is 5.32 Å². The van der Waals surface area contributed by atoms with Gasteiger partial charge < -0.3 is 15.3 Å². The van der Waals surface area contributed by atoms with Crippen LogP contribution in [-0.4, -0.2) is 28.2 Å². The van der Waals surface area contributed by atoms with E-state index in [1.807, 2.05) is 0 Å². The van der Waals surface area contributed by atoms with E-state index in [4.69, 9.17) is 0 Å². The van der Waals surface area contributed by atoms with Gasteiger partial charge in [0, 0.05) is 4.47 Å². The Balaban J connectivity index is 2.36. The van der Waals surface area contributed by atoms with E-state index in [2.05, 4.69) is 25.9 Å². The predicted molar refractivity (Wildman–Crippen MR) is 66.2 cm³/mol. The van der Waals surface area contributed by atoms with Gasteiger partial charge >= 0.3 is 23.9 Å². The van der Waals surface area contributed by atoms with E-state index >= 15 is 0 Å². The molecular weight excluding hydrogens is 350 g/mol. The molecule has 10 heteroatoms. The first-order valence-electron chi connectivity index (χ1n) is 5.11. The molecule has 20 heavy (non-hydrogen) atoms. The summed E-state index contributed by atoms with van der Waals surface area (Å²) >= 11 is 2.98. The lowest BCUT2D eigenvalue weighted by molar-refractivity contribution is -0.163. The minimum atomic E-state index is -4.81. The summed E-state index contributed by atoms with van der Waals surface area (Å²) in [6.45, 7) is 0. The predicted octanol–water partition coefficient (Wildman–Crippen LogP) is 2.46. The molecule has 0 radical (unpaired) electrons. The lowest BCUT2D eigenvalue weighted by Gasteiger charge is -2.15. The first-order chi connectivity index (χ1) is 9.21. The minimum Gasteiger partial charge on any atom is -0.320 e. The van der Waals surface area contributed by atoms with E-state index in [-0.39, 0.29) is 15.7 Å². The van der Waals surface area contributed by atoms with Gasteiger partial charge in [-0.3, -0.25) is 4.79 Å². The summed E-state index contributed by atoms with van der Waals surface area (Å²) in [5, 5.41) is 1.68. The molecule has 0 bridgehead atoms. The zero-order valence-corrected chi connectivity index (χ0v) is 11.0. The number of fused-ring (bicyclic) bond motifs is 1. The molecule has 0 aliphatic rings. The fourth-order valence-electron chi connectivity index (χ4n) is 1.46. The molecular formula is C10H6BrF4N3O2.